The smallest absolute Gasteiger partial charge is 0.341 e. The summed E-state index contributed by atoms with van der Waals surface area (Å²) in [6.45, 7) is 0. The van der Waals surface area contributed by atoms with Crippen molar-refractivity contribution in [2.45, 2.75) is 6.30 Å². The number of para-hydroxylation sites is 1. The van der Waals surface area contributed by atoms with E-state index >= 15 is 0 Å². The minimum atomic E-state index is -4.73. The van der Waals surface area contributed by atoms with Gasteiger partial charge in [-0.2, -0.15) is 0 Å². The summed E-state index contributed by atoms with van der Waals surface area (Å²) in [4.78, 5) is 10.8. The largest absolute Gasteiger partial charge is 0.493 e. The molecule has 0 fully saturated rings. The van der Waals surface area contributed by atoms with Crippen LogP contribution in [0.4, 0.5) is 23.7 Å². The molecule has 0 aliphatic rings. The zero-order valence-corrected chi connectivity index (χ0v) is 7.88. The summed E-state index contributed by atoms with van der Waals surface area (Å²) in [5, 5.41) is 1.94. The van der Waals surface area contributed by atoms with Crippen LogP contribution in [-0.2, 0) is 0 Å². The summed E-state index contributed by atoms with van der Waals surface area (Å²) in [7, 11) is 1.14. The molecule has 0 atom stereocenters. The molecule has 0 heterocycles. The van der Waals surface area contributed by atoms with Gasteiger partial charge in [0.1, 0.15) is 0 Å². The predicted octanol–water partition coefficient (Wildman–Crippen LogP) is 2.35. The van der Waals surface area contributed by atoms with Crippen LogP contribution >= 0.6 is 0 Å². The number of carbonyl (C=O) groups excluding carboxylic acids is 1. The van der Waals surface area contributed by atoms with Crippen molar-refractivity contribution in [1.82, 2.24) is 5.32 Å². The molecule has 2 amide bonds. The van der Waals surface area contributed by atoms with Gasteiger partial charge in [0.05, 0.1) is 5.69 Å². The number of nitrogens with zero attached hydrogens (tertiary/aromatic N) is 1. The first-order valence-corrected chi connectivity index (χ1v) is 4.10. The maximum Gasteiger partial charge on any atom is 0.493 e. The standard InChI is InChI=1S/C9H9F3N2O/c1-13-8(15)14(9(10,11)12)7-5-3-2-4-6-7/h2-6H,1H3,(H,13,15). The van der Waals surface area contributed by atoms with Crippen LogP contribution in [0.3, 0.4) is 0 Å². The Morgan fingerprint density at radius 2 is 1.80 bits per heavy atom. The van der Waals surface area contributed by atoms with Gasteiger partial charge in [-0.05, 0) is 12.1 Å². The van der Waals surface area contributed by atoms with Crippen LogP contribution in [0.2, 0.25) is 0 Å². The number of anilines is 1. The number of carbonyl (C=O) groups is 1. The first-order chi connectivity index (χ1) is 6.96. The minimum absolute atomic E-state index is 0.218. The average Bonchev–Trinajstić information content (AvgIpc) is 2.17. The molecule has 1 aromatic rings. The Labute approximate surface area is 84.5 Å². The molecule has 6 heteroatoms. The minimum Gasteiger partial charge on any atom is -0.341 e. The number of hydrogen-bond donors (Lipinski definition) is 1. The second-order valence-corrected chi connectivity index (χ2v) is 2.69. The fraction of sp³-hybridized carbons (Fsp3) is 0.222. The van der Waals surface area contributed by atoms with Gasteiger partial charge in [-0.25, -0.2) is 9.69 Å². The highest BCUT2D eigenvalue weighted by Gasteiger charge is 2.41. The molecular weight excluding hydrogens is 209 g/mol. The molecule has 1 aromatic carbocycles. The summed E-state index contributed by atoms with van der Waals surface area (Å²) in [6, 6.07) is 5.63. The SMILES string of the molecule is CNC(=O)N(c1ccccc1)C(F)(F)F. The number of halogens is 3. The molecule has 1 N–H and O–H groups in total. The van der Waals surface area contributed by atoms with Crippen LogP contribution < -0.4 is 10.2 Å². The Morgan fingerprint density at radius 3 is 2.20 bits per heavy atom. The third-order valence-electron chi connectivity index (χ3n) is 1.68. The van der Waals surface area contributed by atoms with E-state index < -0.39 is 12.3 Å². The lowest BCUT2D eigenvalue weighted by Crippen LogP contribution is -2.47. The van der Waals surface area contributed by atoms with Crippen molar-refractivity contribution < 1.29 is 18.0 Å². The van der Waals surface area contributed by atoms with Gasteiger partial charge in [0.25, 0.3) is 0 Å². The van der Waals surface area contributed by atoms with E-state index in [4.69, 9.17) is 0 Å². The summed E-state index contributed by atoms with van der Waals surface area (Å²) in [5.41, 5.74) is -0.218. The Bertz CT molecular complexity index is 337. The number of alkyl halides is 3. The molecule has 0 radical (unpaired) electrons. The third kappa shape index (κ3) is 2.61. The van der Waals surface area contributed by atoms with E-state index in [0.29, 0.717) is 0 Å². The highest BCUT2D eigenvalue weighted by molar-refractivity contribution is 5.92. The van der Waals surface area contributed by atoms with Crippen LogP contribution in [0.25, 0.3) is 0 Å². The second-order valence-electron chi connectivity index (χ2n) is 2.69. The Hall–Kier alpha value is -1.72. The van der Waals surface area contributed by atoms with Gasteiger partial charge in [-0.15, -0.1) is 13.2 Å². The summed E-state index contributed by atoms with van der Waals surface area (Å²) >= 11 is 0. The van der Waals surface area contributed by atoms with Gasteiger partial charge in [0.15, 0.2) is 0 Å². The van der Waals surface area contributed by atoms with Gasteiger partial charge in [0, 0.05) is 7.05 Å². The highest BCUT2D eigenvalue weighted by Crippen LogP contribution is 2.27. The fourth-order valence-corrected chi connectivity index (χ4v) is 1.07. The van der Waals surface area contributed by atoms with Crippen molar-refractivity contribution in [3.63, 3.8) is 0 Å². The van der Waals surface area contributed by atoms with E-state index in [9.17, 15) is 18.0 Å². The number of hydrogen-bond acceptors (Lipinski definition) is 1. The molecule has 0 bridgehead atoms. The predicted molar refractivity (Wildman–Crippen MR) is 49.4 cm³/mol. The number of rotatable bonds is 1. The van der Waals surface area contributed by atoms with E-state index in [1.165, 1.54) is 24.3 Å². The second kappa shape index (κ2) is 4.20. The van der Waals surface area contributed by atoms with Crippen molar-refractivity contribution in [3.8, 4) is 0 Å². The number of nitrogens with one attached hydrogen (secondary N) is 1. The van der Waals surface area contributed by atoms with Gasteiger partial charge in [-0.1, -0.05) is 18.2 Å². The molecule has 1 rings (SSSR count). The van der Waals surface area contributed by atoms with Gasteiger partial charge in [0.2, 0.25) is 0 Å². The van der Waals surface area contributed by atoms with E-state index in [-0.39, 0.29) is 10.6 Å². The lowest BCUT2D eigenvalue weighted by molar-refractivity contribution is -0.121. The summed E-state index contributed by atoms with van der Waals surface area (Å²) < 4.78 is 37.5. The molecule has 0 aliphatic heterocycles. The molecule has 0 saturated heterocycles. The van der Waals surface area contributed by atoms with Gasteiger partial charge >= 0.3 is 12.3 Å². The Kier molecular flexibility index (Phi) is 3.18. The summed E-state index contributed by atoms with van der Waals surface area (Å²) in [6.07, 6.45) is -4.73. The number of urea groups is 1. The molecule has 82 valence electrons. The molecular formula is C9H9F3N2O. The van der Waals surface area contributed by atoms with Crippen molar-refractivity contribution >= 4 is 11.7 Å². The molecule has 15 heavy (non-hydrogen) atoms. The molecule has 3 nitrogen and oxygen atoms in total. The van der Waals surface area contributed by atoms with Crippen LogP contribution in [-0.4, -0.2) is 19.4 Å². The van der Waals surface area contributed by atoms with Gasteiger partial charge < -0.3 is 5.32 Å². The van der Waals surface area contributed by atoms with Crippen LogP contribution in [0, 0.1) is 0 Å². The average molecular weight is 218 g/mol. The molecule has 0 spiro atoms. The molecule has 0 saturated carbocycles. The van der Waals surface area contributed by atoms with E-state index in [0.717, 1.165) is 7.05 Å². The van der Waals surface area contributed by atoms with Crippen molar-refractivity contribution in [2.24, 2.45) is 0 Å². The molecule has 0 aliphatic carbocycles. The number of benzene rings is 1. The first kappa shape index (κ1) is 11.4. The highest BCUT2D eigenvalue weighted by atomic mass is 19.4. The zero-order valence-electron chi connectivity index (χ0n) is 7.88. The normalized spacial score (nSPS) is 10.9. The van der Waals surface area contributed by atoms with Crippen molar-refractivity contribution in [2.75, 3.05) is 11.9 Å². The van der Waals surface area contributed by atoms with Crippen LogP contribution in [0.5, 0.6) is 0 Å². The lowest BCUT2D eigenvalue weighted by atomic mass is 10.3. The quantitative estimate of drug-likeness (QED) is 0.721. The topological polar surface area (TPSA) is 32.3 Å². The number of amides is 2. The molecule has 0 aromatic heterocycles. The first-order valence-electron chi connectivity index (χ1n) is 4.10. The van der Waals surface area contributed by atoms with E-state index in [1.54, 1.807) is 6.07 Å². The van der Waals surface area contributed by atoms with Crippen molar-refractivity contribution in [1.29, 1.82) is 0 Å². The van der Waals surface area contributed by atoms with Crippen molar-refractivity contribution in [3.05, 3.63) is 30.3 Å². The maximum atomic E-state index is 12.5. The third-order valence-corrected chi connectivity index (χ3v) is 1.68. The zero-order chi connectivity index (χ0) is 11.5. The fourth-order valence-electron chi connectivity index (χ4n) is 1.07. The van der Waals surface area contributed by atoms with Gasteiger partial charge in [-0.3, -0.25) is 0 Å². The molecule has 0 unspecified atom stereocenters. The van der Waals surface area contributed by atoms with Crippen LogP contribution in [0.15, 0.2) is 30.3 Å². The Balaban J connectivity index is 3.08. The van der Waals surface area contributed by atoms with Crippen LogP contribution in [0.1, 0.15) is 0 Å². The lowest BCUT2D eigenvalue weighted by Gasteiger charge is -2.24. The summed E-state index contributed by atoms with van der Waals surface area (Å²) in [5.74, 6) is 0. The monoisotopic (exact) mass is 218 g/mol. The van der Waals surface area contributed by atoms with E-state index in [1.807, 2.05) is 5.32 Å². The Morgan fingerprint density at radius 1 is 1.27 bits per heavy atom. The maximum absolute atomic E-state index is 12.5. The van der Waals surface area contributed by atoms with E-state index in [2.05, 4.69) is 0 Å².